The number of methoxy groups -OCH3 is 1. The summed E-state index contributed by atoms with van der Waals surface area (Å²) in [6.45, 7) is 0. The molecule has 3 N–H and O–H groups in total. The molecule has 0 bridgehead atoms. The summed E-state index contributed by atoms with van der Waals surface area (Å²) in [4.78, 5) is 49.6. The second kappa shape index (κ2) is 14.3. The van der Waals surface area contributed by atoms with Gasteiger partial charge in [-0.1, -0.05) is 18.2 Å². The first-order valence-corrected chi connectivity index (χ1v) is 13.6. The van der Waals surface area contributed by atoms with E-state index in [4.69, 9.17) is 4.74 Å². The fourth-order valence-electron chi connectivity index (χ4n) is 3.65. The molecule has 0 spiro atoms. The van der Waals surface area contributed by atoms with Crippen molar-refractivity contribution in [2.75, 3.05) is 23.5 Å². The van der Waals surface area contributed by atoms with Gasteiger partial charge >= 0.3 is 0 Å². The third-order valence-electron chi connectivity index (χ3n) is 5.80. The van der Waals surface area contributed by atoms with E-state index in [-0.39, 0.29) is 23.0 Å². The van der Waals surface area contributed by atoms with E-state index in [0.29, 0.717) is 28.3 Å². The molecule has 0 unspecified atom stereocenters. The Balaban J connectivity index is 1.40. The monoisotopic (exact) mass is 582 g/mol. The van der Waals surface area contributed by atoms with E-state index in [9.17, 15) is 24.5 Å². The molecule has 0 aliphatic rings. The van der Waals surface area contributed by atoms with Gasteiger partial charge in [0.05, 0.1) is 17.8 Å². The van der Waals surface area contributed by atoms with Crippen LogP contribution in [0.3, 0.4) is 0 Å². The summed E-state index contributed by atoms with van der Waals surface area (Å²) in [6, 6.07) is 27.9. The molecule has 3 amide bonds. The highest BCUT2D eigenvalue weighted by molar-refractivity contribution is 8.00. The van der Waals surface area contributed by atoms with Crippen molar-refractivity contribution in [2.45, 2.75) is 4.90 Å². The van der Waals surface area contributed by atoms with Crippen LogP contribution >= 0.6 is 11.8 Å². The normalized spacial score (nSPS) is 10.8. The molecular formula is C31H26N4O6S. The van der Waals surface area contributed by atoms with Crippen LogP contribution in [0, 0.1) is 10.1 Å². The minimum atomic E-state index is -0.586. The number of nitro groups is 1. The SMILES string of the molecule is COc1ccc(NC(=O)CSc2ccc(NC(=O)/C(=C/c3ccc([N+](=O)[O-])cc3)NC(=O)c3ccccc3)cc2)cc1. The Bertz CT molecular complexity index is 1590. The van der Waals surface area contributed by atoms with Crippen LogP contribution in [0.4, 0.5) is 17.1 Å². The average Bonchev–Trinajstić information content (AvgIpc) is 3.01. The van der Waals surface area contributed by atoms with E-state index in [1.165, 1.54) is 42.1 Å². The molecule has 0 radical (unpaired) electrons. The van der Waals surface area contributed by atoms with Crippen LogP contribution in [0.2, 0.25) is 0 Å². The number of anilines is 2. The summed E-state index contributed by atoms with van der Waals surface area (Å²) in [5.41, 5.74) is 1.83. The van der Waals surface area contributed by atoms with Crippen molar-refractivity contribution in [3.8, 4) is 5.75 Å². The maximum atomic E-state index is 13.2. The van der Waals surface area contributed by atoms with E-state index in [0.717, 1.165) is 4.90 Å². The molecule has 11 heteroatoms. The Labute approximate surface area is 245 Å². The van der Waals surface area contributed by atoms with Crippen molar-refractivity contribution in [1.29, 1.82) is 0 Å². The van der Waals surface area contributed by atoms with Crippen molar-refractivity contribution in [3.05, 3.63) is 130 Å². The third kappa shape index (κ3) is 8.54. The van der Waals surface area contributed by atoms with E-state index < -0.39 is 16.7 Å². The minimum absolute atomic E-state index is 0.0497. The molecule has 0 aromatic heterocycles. The number of hydrogen-bond donors (Lipinski definition) is 3. The number of carbonyl (C=O) groups is 3. The molecule has 212 valence electrons. The zero-order valence-corrected chi connectivity index (χ0v) is 23.2. The van der Waals surface area contributed by atoms with Gasteiger partial charge in [0.25, 0.3) is 17.5 Å². The van der Waals surface area contributed by atoms with E-state index >= 15 is 0 Å². The number of nitrogens with one attached hydrogen (secondary N) is 3. The van der Waals surface area contributed by atoms with Crippen molar-refractivity contribution in [2.24, 2.45) is 0 Å². The lowest BCUT2D eigenvalue weighted by atomic mass is 10.1. The maximum absolute atomic E-state index is 13.2. The van der Waals surface area contributed by atoms with Gasteiger partial charge in [-0.05, 0) is 84.4 Å². The lowest BCUT2D eigenvalue weighted by Gasteiger charge is -2.12. The molecule has 0 heterocycles. The van der Waals surface area contributed by atoms with Crippen molar-refractivity contribution in [1.82, 2.24) is 5.32 Å². The number of non-ortho nitro benzene ring substituents is 1. The highest BCUT2D eigenvalue weighted by Gasteiger charge is 2.16. The maximum Gasteiger partial charge on any atom is 0.272 e. The van der Waals surface area contributed by atoms with Gasteiger partial charge in [0, 0.05) is 34.0 Å². The number of hydrogen-bond acceptors (Lipinski definition) is 7. The van der Waals surface area contributed by atoms with Crippen LogP contribution in [0.15, 0.2) is 114 Å². The molecule has 0 saturated heterocycles. The zero-order chi connectivity index (χ0) is 29.9. The zero-order valence-electron chi connectivity index (χ0n) is 22.4. The summed E-state index contributed by atoms with van der Waals surface area (Å²) < 4.78 is 5.11. The van der Waals surface area contributed by atoms with Crippen LogP contribution in [-0.4, -0.2) is 35.5 Å². The number of benzene rings is 4. The van der Waals surface area contributed by atoms with Gasteiger partial charge in [0.1, 0.15) is 11.4 Å². The molecule has 4 rings (SSSR count). The smallest absolute Gasteiger partial charge is 0.272 e. The van der Waals surface area contributed by atoms with Gasteiger partial charge in [-0.2, -0.15) is 0 Å². The molecule has 0 saturated carbocycles. The summed E-state index contributed by atoms with van der Waals surface area (Å²) in [5, 5.41) is 19.2. The van der Waals surface area contributed by atoms with Gasteiger partial charge < -0.3 is 20.7 Å². The van der Waals surface area contributed by atoms with Gasteiger partial charge in [-0.15, -0.1) is 11.8 Å². The summed E-state index contributed by atoms with van der Waals surface area (Å²) in [7, 11) is 1.57. The lowest BCUT2D eigenvalue weighted by Crippen LogP contribution is -2.30. The number of nitro benzene ring substituents is 1. The topological polar surface area (TPSA) is 140 Å². The number of nitrogens with zero attached hydrogens (tertiary/aromatic N) is 1. The number of carbonyl (C=O) groups excluding carboxylic acids is 3. The fourth-order valence-corrected chi connectivity index (χ4v) is 4.35. The summed E-state index contributed by atoms with van der Waals surface area (Å²) in [5.74, 6) is -0.360. The van der Waals surface area contributed by atoms with Gasteiger partial charge in [-0.25, -0.2) is 0 Å². The molecule has 4 aromatic carbocycles. The Hall–Kier alpha value is -5.42. The second-order valence-electron chi connectivity index (χ2n) is 8.77. The molecule has 0 aliphatic carbocycles. The molecule has 0 fully saturated rings. The Morgan fingerprint density at radius 1 is 0.833 bits per heavy atom. The molecule has 42 heavy (non-hydrogen) atoms. The van der Waals surface area contributed by atoms with Crippen LogP contribution in [0.1, 0.15) is 15.9 Å². The lowest BCUT2D eigenvalue weighted by molar-refractivity contribution is -0.384. The van der Waals surface area contributed by atoms with E-state index in [2.05, 4.69) is 16.0 Å². The quantitative estimate of drug-likeness (QED) is 0.0886. The first-order valence-electron chi connectivity index (χ1n) is 12.6. The Kier molecular flexibility index (Phi) is 10.1. The average molecular weight is 583 g/mol. The number of thioether (sulfide) groups is 1. The highest BCUT2D eigenvalue weighted by atomic mass is 32.2. The minimum Gasteiger partial charge on any atom is -0.497 e. The first kappa shape index (κ1) is 29.6. The van der Waals surface area contributed by atoms with Crippen LogP contribution in [0.5, 0.6) is 5.75 Å². The number of rotatable bonds is 11. The third-order valence-corrected chi connectivity index (χ3v) is 6.81. The summed E-state index contributed by atoms with van der Waals surface area (Å²) >= 11 is 1.33. The van der Waals surface area contributed by atoms with Gasteiger partial charge in [-0.3, -0.25) is 24.5 Å². The Morgan fingerprint density at radius 2 is 1.45 bits per heavy atom. The van der Waals surface area contributed by atoms with Crippen molar-refractivity contribution in [3.63, 3.8) is 0 Å². The fraction of sp³-hybridized carbons (Fsp3) is 0.0645. The van der Waals surface area contributed by atoms with Crippen LogP contribution in [-0.2, 0) is 9.59 Å². The van der Waals surface area contributed by atoms with Crippen LogP contribution in [0.25, 0.3) is 6.08 Å². The van der Waals surface area contributed by atoms with Gasteiger partial charge in [0.2, 0.25) is 5.91 Å². The molecule has 10 nitrogen and oxygen atoms in total. The molecular weight excluding hydrogens is 556 g/mol. The van der Waals surface area contributed by atoms with Crippen molar-refractivity contribution < 1.29 is 24.0 Å². The van der Waals surface area contributed by atoms with E-state index in [1.54, 1.807) is 86.0 Å². The molecule has 0 aliphatic heterocycles. The Morgan fingerprint density at radius 3 is 2.07 bits per heavy atom. The molecule has 4 aromatic rings. The second-order valence-corrected chi connectivity index (χ2v) is 9.82. The summed E-state index contributed by atoms with van der Waals surface area (Å²) in [6.07, 6.45) is 1.44. The first-order chi connectivity index (χ1) is 20.3. The van der Waals surface area contributed by atoms with Crippen LogP contribution < -0.4 is 20.7 Å². The molecule has 0 atom stereocenters. The number of amides is 3. The highest BCUT2D eigenvalue weighted by Crippen LogP contribution is 2.22. The standard InChI is InChI=1S/C31H26N4O6S/c1-41-26-15-9-23(10-16-26)32-29(36)20-42-27-17-11-24(12-18-27)33-31(38)28(34-30(37)22-5-3-2-4-6-22)19-21-7-13-25(14-8-21)35(39)40/h2-19H,20H2,1H3,(H,32,36)(H,33,38)(H,34,37)/b28-19-. The largest absolute Gasteiger partial charge is 0.497 e. The predicted molar refractivity (Wildman–Crippen MR) is 162 cm³/mol. The number of ether oxygens (including phenoxy) is 1. The van der Waals surface area contributed by atoms with E-state index in [1.807, 2.05) is 0 Å². The predicted octanol–water partition coefficient (Wildman–Crippen LogP) is 5.74. The van der Waals surface area contributed by atoms with Crippen molar-refractivity contribution >= 4 is 52.6 Å². The van der Waals surface area contributed by atoms with Gasteiger partial charge in [0.15, 0.2) is 0 Å².